The van der Waals surface area contributed by atoms with Gasteiger partial charge in [-0.05, 0) is 16.7 Å². The molecule has 2 aliphatic rings. The maximum Gasteiger partial charge on any atom is 0.243 e. The topological polar surface area (TPSA) is 35.6 Å². The second-order valence-corrected chi connectivity index (χ2v) is 7.54. The Hall–Kier alpha value is -1.59. The van der Waals surface area contributed by atoms with Crippen molar-refractivity contribution in [3.63, 3.8) is 0 Å². The van der Waals surface area contributed by atoms with E-state index in [1.165, 1.54) is 16.7 Å². The first kappa shape index (κ1) is 22.7. The van der Waals surface area contributed by atoms with Crippen molar-refractivity contribution in [2.45, 2.75) is 24.9 Å². The van der Waals surface area contributed by atoms with Crippen molar-refractivity contribution in [3.8, 4) is 0 Å². The summed E-state index contributed by atoms with van der Waals surface area (Å²) >= 11 is 0. The Labute approximate surface area is 180 Å². The first-order valence-electron chi connectivity index (χ1n) is 9.51. The van der Waals surface area contributed by atoms with E-state index in [-0.39, 0.29) is 30.7 Å². The summed E-state index contributed by atoms with van der Waals surface area (Å²) < 4.78 is 0. The van der Waals surface area contributed by atoms with Gasteiger partial charge in [0.25, 0.3) is 0 Å². The van der Waals surface area contributed by atoms with Crippen molar-refractivity contribution in [2.75, 3.05) is 33.2 Å². The van der Waals surface area contributed by atoms with Gasteiger partial charge >= 0.3 is 0 Å². The van der Waals surface area contributed by atoms with Gasteiger partial charge in [0.2, 0.25) is 5.91 Å². The van der Waals surface area contributed by atoms with Crippen LogP contribution in [0.25, 0.3) is 0 Å². The van der Waals surface area contributed by atoms with Gasteiger partial charge in [0.15, 0.2) is 0 Å². The third-order valence-corrected chi connectivity index (χ3v) is 5.81. The van der Waals surface area contributed by atoms with Crippen LogP contribution >= 0.6 is 24.8 Å². The zero-order valence-corrected chi connectivity index (χ0v) is 17.9. The Kier molecular flexibility index (Phi) is 7.90. The lowest BCUT2D eigenvalue weighted by Crippen LogP contribution is -2.63. The molecule has 2 aromatic rings. The van der Waals surface area contributed by atoms with E-state index in [0.29, 0.717) is 6.54 Å². The lowest BCUT2D eigenvalue weighted by molar-refractivity contribution is -0.144. The number of rotatable bonds is 4. The molecule has 4 rings (SSSR count). The normalized spacial score (nSPS) is 17.8. The summed E-state index contributed by atoms with van der Waals surface area (Å²) in [4.78, 5) is 18.0. The van der Waals surface area contributed by atoms with Crippen molar-refractivity contribution in [1.82, 2.24) is 15.1 Å². The zero-order valence-electron chi connectivity index (χ0n) is 16.3. The first-order valence-corrected chi connectivity index (χ1v) is 9.51. The molecule has 152 valence electrons. The summed E-state index contributed by atoms with van der Waals surface area (Å²) in [7, 11) is 1.95. The molecule has 0 aromatic heterocycles. The van der Waals surface area contributed by atoms with Gasteiger partial charge in [-0.2, -0.15) is 0 Å². The zero-order chi connectivity index (χ0) is 18.0. The van der Waals surface area contributed by atoms with Gasteiger partial charge in [-0.25, -0.2) is 0 Å². The summed E-state index contributed by atoms with van der Waals surface area (Å²) in [6.07, 6.45) is 1.64. The van der Waals surface area contributed by atoms with Crippen molar-refractivity contribution >= 4 is 30.7 Å². The molecule has 1 aliphatic carbocycles. The van der Waals surface area contributed by atoms with Crippen LogP contribution in [0.2, 0.25) is 0 Å². The number of carbonyl (C=O) groups excluding carboxylic acids is 1. The average Bonchev–Trinajstić information content (AvgIpc) is 3.09. The second-order valence-electron chi connectivity index (χ2n) is 7.54. The molecule has 4 nitrogen and oxygen atoms in total. The number of halogens is 2. The van der Waals surface area contributed by atoms with Crippen molar-refractivity contribution in [3.05, 3.63) is 71.3 Å². The number of likely N-dealkylation sites (N-methyl/N-ethyl adjacent to an activating group) is 1. The standard InChI is InChI=1S/C22H27N3O.2ClH/c1-24(17-18-7-3-2-4-8-18)21(26)22(25-13-11-23-12-14-25)15-19-9-5-6-10-20(19)16-22;;/h2-10,23H,11-17H2,1H3;2*1H. The fraction of sp³-hybridized carbons (Fsp3) is 0.409. The number of piperazine rings is 1. The first-order chi connectivity index (χ1) is 12.7. The molecule has 0 radical (unpaired) electrons. The second kappa shape index (κ2) is 9.75. The van der Waals surface area contributed by atoms with Crippen LogP contribution in [-0.2, 0) is 24.2 Å². The Morgan fingerprint density at radius 2 is 1.50 bits per heavy atom. The molecule has 0 bridgehead atoms. The minimum Gasteiger partial charge on any atom is -0.340 e. The van der Waals surface area contributed by atoms with E-state index in [1.807, 2.05) is 30.1 Å². The van der Waals surface area contributed by atoms with Crippen molar-refractivity contribution in [2.24, 2.45) is 0 Å². The van der Waals surface area contributed by atoms with E-state index in [9.17, 15) is 4.79 Å². The molecule has 0 atom stereocenters. The van der Waals surface area contributed by atoms with E-state index >= 15 is 0 Å². The van der Waals surface area contributed by atoms with E-state index in [4.69, 9.17) is 0 Å². The van der Waals surface area contributed by atoms with Crippen LogP contribution in [0, 0.1) is 0 Å². The van der Waals surface area contributed by atoms with Crippen LogP contribution in [0.5, 0.6) is 0 Å². The summed E-state index contributed by atoms with van der Waals surface area (Å²) in [5.41, 5.74) is 3.39. The molecule has 2 aromatic carbocycles. The predicted octanol–water partition coefficient (Wildman–Crippen LogP) is 2.93. The highest BCUT2D eigenvalue weighted by molar-refractivity contribution is 5.88. The molecule has 0 spiro atoms. The van der Waals surface area contributed by atoms with Crippen LogP contribution in [0.3, 0.4) is 0 Å². The summed E-state index contributed by atoms with van der Waals surface area (Å²) in [6, 6.07) is 18.8. The number of carbonyl (C=O) groups is 1. The van der Waals surface area contributed by atoms with Gasteiger partial charge in [-0.1, -0.05) is 54.6 Å². The van der Waals surface area contributed by atoms with Crippen LogP contribution in [0.1, 0.15) is 16.7 Å². The fourth-order valence-electron chi connectivity index (χ4n) is 4.48. The lowest BCUT2D eigenvalue weighted by Gasteiger charge is -2.44. The average molecular weight is 422 g/mol. The number of amides is 1. The SMILES string of the molecule is CN(Cc1ccccc1)C(=O)C1(N2CCNCC2)Cc2ccccc2C1.Cl.Cl. The molecular weight excluding hydrogens is 393 g/mol. The largest absolute Gasteiger partial charge is 0.340 e. The van der Waals surface area contributed by atoms with Gasteiger partial charge in [-0.3, -0.25) is 9.69 Å². The van der Waals surface area contributed by atoms with Gasteiger partial charge in [0, 0.05) is 52.6 Å². The maximum absolute atomic E-state index is 13.7. The van der Waals surface area contributed by atoms with Gasteiger partial charge in [0.05, 0.1) is 0 Å². The number of hydrogen-bond donors (Lipinski definition) is 1. The molecule has 1 fully saturated rings. The Morgan fingerprint density at radius 3 is 2.07 bits per heavy atom. The van der Waals surface area contributed by atoms with Gasteiger partial charge < -0.3 is 10.2 Å². The number of nitrogens with zero attached hydrogens (tertiary/aromatic N) is 2. The number of fused-ring (bicyclic) bond motifs is 1. The molecule has 0 saturated carbocycles. The fourth-order valence-corrected chi connectivity index (χ4v) is 4.48. The summed E-state index contributed by atoms with van der Waals surface area (Å²) in [5, 5.41) is 3.42. The summed E-state index contributed by atoms with van der Waals surface area (Å²) in [5.74, 6) is 0.249. The Balaban J connectivity index is 0.00000140. The number of benzene rings is 2. The molecular formula is C22H29Cl2N3O. The maximum atomic E-state index is 13.7. The third kappa shape index (κ3) is 4.36. The molecule has 0 unspecified atom stereocenters. The van der Waals surface area contributed by atoms with Crippen molar-refractivity contribution < 1.29 is 4.79 Å². The molecule has 1 heterocycles. The third-order valence-electron chi connectivity index (χ3n) is 5.81. The summed E-state index contributed by atoms with van der Waals surface area (Å²) in [6.45, 7) is 4.42. The highest BCUT2D eigenvalue weighted by atomic mass is 35.5. The van der Waals surface area contributed by atoms with Crippen LogP contribution in [0.15, 0.2) is 54.6 Å². The quantitative estimate of drug-likeness (QED) is 0.823. The number of hydrogen-bond acceptors (Lipinski definition) is 3. The van der Waals surface area contributed by atoms with Gasteiger partial charge in [-0.15, -0.1) is 24.8 Å². The van der Waals surface area contributed by atoms with Crippen molar-refractivity contribution in [1.29, 1.82) is 0 Å². The molecule has 1 saturated heterocycles. The van der Waals surface area contributed by atoms with E-state index in [2.05, 4.69) is 46.6 Å². The smallest absolute Gasteiger partial charge is 0.243 e. The highest BCUT2D eigenvalue weighted by Crippen LogP contribution is 2.36. The highest BCUT2D eigenvalue weighted by Gasteiger charge is 2.49. The lowest BCUT2D eigenvalue weighted by atomic mass is 9.90. The molecule has 28 heavy (non-hydrogen) atoms. The molecule has 1 N–H and O–H groups in total. The van der Waals surface area contributed by atoms with Crippen LogP contribution < -0.4 is 5.32 Å². The minimum atomic E-state index is -0.435. The molecule has 6 heteroatoms. The van der Waals surface area contributed by atoms with E-state index in [1.54, 1.807) is 0 Å². The molecule has 1 aliphatic heterocycles. The molecule has 1 amide bonds. The minimum absolute atomic E-state index is 0. The van der Waals surface area contributed by atoms with E-state index in [0.717, 1.165) is 39.0 Å². The predicted molar refractivity (Wildman–Crippen MR) is 118 cm³/mol. The number of nitrogens with one attached hydrogen (secondary N) is 1. The Morgan fingerprint density at radius 1 is 0.964 bits per heavy atom. The van der Waals surface area contributed by atoms with Crippen LogP contribution in [0.4, 0.5) is 0 Å². The Bertz CT molecular complexity index is 753. The monoisotopic (exact) mass is 421 g/mol. The van der Waals surface area contributed by atoms with Gasteiger partial charge in [0.1, 0.15) is 5.54 Å². The van der Waals surface area contributed by atoms with E-state index < -0.39 is 5.54 Å². The van der Waals surface area contributed by atoms with Crippen LogP contribution in [-0.4, -0.2) is 54.5 Å².